The van der Waals surface area contributed by atoms with Crippen molar-refractivity contribution in [2.75, 3.05) is 0 Å². The van der Waals surface area contributed by atoms with Crippen LogP contribution in [0.5, 0.6) is 0 Å². The monoisotopic (exact) mass is 425 g/mol. The van der Waals surface area contributed by atoms with Crippen molar-refractivity contribution in [2.24, 2.45) is 0 Å². The highest BCUT2D eigenvalue weighted by Gasteiger charge is 2.17. The Balaban J connectivity index is 1.82. The zero-order valence-electron chi connectivity index (χ0n) is 20.7. The summed E-state index contributed by atoms with van der Waals surface area (Å²) in [5.41, 5.74) is 1.40. The Bertz CT molecular complexity index is 659. The van der Waals surface area contributed by atoms with Gasteiger partial charge in [-0.25, -0.2) is 9.13 Å². The molecule has 1 aromatic heterocycles. The molecule has 0 radical (unpaired) electrons. The molecule has 1 heterocycles. The standard InChI is InChI=1S/C29H49N2/c1-3-5-7-9-11-12-14-19-23-29-30(24-20-15-13-10-8-6-4-2)25-26-31(29)27-28-21-17-16-18-22-28/h16-18,21-22,25-26H,3-15,19-20,23-24,27H2,1-2H3/q+1. The number of hydrogen-bond donors (Lipinski definition) is 0. The predicted molar refractivity (Wildman–Crippen MR) is 134 cm³/mol. The minimum Gasteiger partial charge on any atom is -0.234 e. The summed E-state index contributed by atoms with van der Waals surface area (Å²) in [6.07, 6.45) is 26.7. The van der Waals surface area contributed by atoms with Crippen LogP contribution in [0.25, 0.3) is 0 Å². The van der Waals surface area contributed by atoms with Crippen LogP contribution < -0.4 is 4.57 Å². The molecule has 0 fully saturated rings. The lowest BCUT2D eigenvalue weighted by molar-refractivity contribution is -0.695. The summed E-state index contributed by atoms with van der Waals surface area (Å²) in [5.74, 6) is 1.53. The largest absolute Gasteiger partial charge is 0.256 e. The van der Waals surface area contributed by atoms with Gasteiger partial charge in [-0.05, 0) is 24.8 Å². The first-order valence-corrected chi connectivity index (χ1v) is 13.5. The molecule has 2 nitrogen and oxygen atoms in total. The zero-order valence-corrected chi connectivity index (χ0v) is 20.7. The molecule has 31 heavy (non-hydrogen) atoms. The molecule has 0 spiro atoms. The number of aromatic nitrogens is 2. The second-order valence-electron chi connectivity index (χ2n) is 9.37. The molecule has 0 bridgehead atoms. The lowest BCUT2D eigenvalue weighted by atomic mass is 10.1. The first-order chi connectivity index (χ1) is 15.3. The highest BCUT2D eigenvalue weighted by atomic mass is 15.1. The lowest BCUT2D eigenvalue weighted by Crippen LogP contribution is -2.37. The minimum absolute atomic E-state index is 0.997. The van der Waals surface area contributed by atoms with Gasteiger partial charge in [-0.2, -0.15) is 0 Å². The molecule has 0 aliphatic rings. The van der Waals surface area contributed by atoms with Crippen LogP contribution in [0.2, 0.25) is 0 Å². The van der Waals surface area contributed by atoms with Crippen molar-refractivity contribution in [3.05, 3.63) is 54.1 Å². The zero-order chi connectivity index (χ0) is 22.0. The molecular formula is C29H49N2+. The molecule has 0 saturated heterocycles. The van der Waals surface area contributed by atoms with Gasteiger partial charge in [0.15, 0.2) is 0 Å². The van der Waals surface area contributed by atoms with Crippen LogP contribution in [-0.4, -0.2) is 4.57 Å². The molecule has 0 N–H and O–H groups in total. The molecule has 2 aromatic rings. The van der Waals surface area contributed by atoms with Crippen molar-refractivity contribution in [1.29, 1.82) is 0 Å². The van der Waals surface area contributed by atoms with Crippen molar-refractivity contribution in [3.8, 4) is 0 Å². The van der Waals surface area contributed by atoms with Gasteiger partial charge in [0.25, 0.3) is 5.82 Å². The molecule has 174 valence electrons. The quantitative estimate of drug-likeness (QED) is 0.158. The normalized spacial score (nSPS) is 11.3. The number of rotatable bonds is 19. The van der Waals surface area contributed by atoms with Gasteiger partial charge in [0.2, 0.25) is 0 Å². The van der Waals surface area contributed by atoms with E-state index in [9.17, 15) is 0 Å². The number of nitrogens with zero attached hydrogens (tertiary/aromatic N) is 2. The van der Waals surface area contributed by atoms with Crippen LogP contribution in [0.3, 0.4) is 0 Å². The molecule has 0 unspecified atom stereocenters. The molecule has 1 aromatic carbocycles. The van der Waals surface area contributed by atoms with Crippen LogP contribution in [0.15, 0.2) is 42.7 Å². The molecule has 0 saturated carbocycles. The van der Waals surface area contributed by atoms with Crippen molar-refractivity contribution in [3.63, 3.8) is 0 Å². The van der Waals surface area contributed by atoms with Crippen LogP contribution >= 0.6 is 0 Å². The van der Waals surface area contributed by atoms with E-state index in [2.05, 4.69) is 65.7 Å². The van der Waals surface area contributed by atoms with Crippen LogP contribution in [0.1, 0.15) is 122 Å². The molecular weight excluding hydrogens is 376 g/mol. The Morgan fingerprint density at radius 2 is 1.19 bits per heavy atom. The van der Waals surface area contributed by atoms with E-state index in [1.165, 1.54) is 121 Å². The van der Waals surface area contributed by atoms with Crippen LogP contribution in [0.4, 0.5) is 0 Å². The SMILES string of the molecule is CCCCCCCCCCc1n(CCCCCCCCC)cc[n+]1Cc1ccccc1. The maximum atomic E-state index is 2.55. The van der Waals surface area contributed by atoms with E-state index in [0.29, 0.717) is 0 Å². The second kappa shape index (κ2) is 17.0. The number of imidazole rings is 1. The van der Waals surface area contributed by atoms with Gasteiger partial charge in [-0.1, -0.05) is 121 Å². The molecule has 2 rings (SSSR count). The predicted octanol–water partition coefficient (Wildman–Crippen LogP) is 8.26. The summed E-state index contributed by atoms with van der Waals surface area (Å²) >= 11 is 0. The smallest absolute Gasteiger partial charge is 0.234 e. The highest BCUT2D eigenvalue weighted by molar-refractivity contribution is 5.13. The van der Waals surface area contributed by atoms with Gasteiger partial charge in [-0.15, -0.1) is 0 Å². The van der Waals surface area contributed by atoms with E-state index < -0.39 is 0 Å². The summed E-state index contributed by atoms with van der Waals surface area (Å²) in [6.45, 7) is 6.77. The average molecular weight is 426 g/mol. The fraction of sp³-hybridized carbons (Fsp3) is 0.690. The van der Waals surface area contributed by atoms with Gasteiger partial charge in [-0.3, -0.25) is 0 Å². The summed E-state index contributed by atoms with van der Waals surface area (Å²) in [7, 11) is 0. The van der Waals surface area contributed by atoms with Crippen molar-refractivity contribution < 1.29 is 4.57 Å². The van der Waals surface area contributed by atoms with Gasteiger partial charge in [0, 0.05) is 6.42 Å². The van der Waals surface area contributed by atoms with E-state index in [-0.39, 0.29) is 0 Å². The third-order valence-electron chi connectivity index (χ3n) is 6.54. The van der Waals surface area contributed by atoms with E-state index in [1.54, 1.807) is 0 Å². The Morgan fingerprint density at radius 1 is 0.645 bits per heavy atom. The molecule has 0 amide bonds. The topological polar surface area (TPSA) is 8.81 Å². The molecule has 0 atom stereocenters. The van der Waals surface area contributed by atoms with E-state index in [1.807, 2.05) is 0 Å². The molecule has 2 heteroatoms. The van der Waals surface area contributed by atoms with Crippen molar-refractivity contribution in [2.45, 2.75) is 130 Å². The fourth-order valence-electron chi connectivity index (χ4n) is 4.57. The average Bonchev–Trinajstić information content (AvgIpc) is 3.17. The van der Waals surface area contributed by atoms with Gasteiger partial charge < -0.3 is 0 Å². The summed E-state index contributed by atoms with van der Waals surface area (Å²) < 4.78 is 5.05. The fourth-order valence-corrected chi connectivity index (χ4v) is 4.57. The second-order valence-corrected chi connectivity index (χ2v) is 9.37. The Labute approximate surface area is 193 Å². The Hall–Kier alpha value is -1.57. The summed E-state index contributed by atoms with van der Waals surface area (Å²) in [5, 5.41) is 0. The van der Waals surface area contributed by atoms with Gasteiger partial charge in [0.1, 0.15) is 18.9 Å². The summed E-state index contributed by atoms with van der Waals surface area (Å²) in [4.78, 5) is 0. The van der Waals surface area contributed by atoms with Gasteiger partial charge >= 0.3 is 0 Å². The van der Waals surface area contributed by atoms with Gasteiger partial charge in [0.05, 0.1) is 6.54 Å². The Morgan fingerprint density at radius 3 is 1.81 bits per heavy atom. The first-order valence-electron chi connectivity index (χ1n) is 13.5. The third kappa shape index (κ3) is 11.0. The molecule has 0 aliphatic heterocycles. The van der Waals surface area contributed by atoms with E-state index in [4.69, 9.17) is 0 Å². The lowest BCUT2D eigenvalue weighted by Gasteiger charge is -2.07. The highest BCUT2D eigenvalue weighted by Crippen LogP contribution is 2.13. The Kier molecular flexibility index (Phi) is 14.1. The van der Waals surface area contributed by atoms with Crippen molar-refractivity contribution >= 4 is 0 Å². The van der Waals surface area contributed by atoms with E-state index in [0.717, 1.165) is 6.54 Å². The third-order valence-corrected chi connectivity index (χ3v) is 6.54. The number of benzene rings is 1. The first kappa shape index (κ1) is 25.7. The maximum absolute atomic E-state index is 2.55. The van der Waals surface area contributed by atoms with E-state index >= 15 is 0 Å². The number of hydrogen-bond acceptors (Lipinski definition) is 0. The van der Waals surface area contributed by atoms with Crippen LogP contribution in [0, 0.1) is 0 Å². The van der Waals surface area contributed by atoms with Crippen molar-refractivity contribution in [1.82, 2.24) is 4.57 Å². The maximum Gasteiger partial charge on any atom is 0.256 e. The summed E-state index contributed by atoms with van der Waals surface area (Å²) in [6, 6.07) is 10.9. The number of unbranched alkanes of at least 4 members (excludes halogenated alkanes) is 13. The minimum atomic E-state index is 0.997. The number of aryl methyl sites for hydroxylation is 1. The van der Waals surface area contributed by atoms with Crippen LogP contribution in [-0.2, 0) is 19.5 Å². The molecule has 0 aliphatic carbocycles.